The molecule has 0 spiro atoms. The van der Waals surface area contributed by atoms with Crippen LogP contribution in [0.3, 0.4) is 0 Å². The lowest BCUT2D eigenvalue weighted by Crippen LogP contribution is -2.48. The van der Waals surface area contributed by atoms with Crippen molar-refractivity contribution < 1.29 is 14.3 Å². The topological polar surface area (TPSA) is 42.0 Å². The Balaban J connectivity index is 1.60. The summed E-state index contributed by atoms with van der Waals surface area (Å²) in [6.07, 6.45) is 0. The van der Waals surface area contributed by atoms with E-state index in [1.54, 1.807) is 14.2 Å². The van der Waals surface area contributed by atoms with Crippen molar-refractivity contribution in [3.63, 3.8) is 0 Å². The van der Waals surface area contributed by atoms with E-state index >= 15 is 0 Å². The van der Waals surface area contributed by atoms with Gasteiger partial charge in [-0.15, -0.1) is 0 Å². The van der Waals surface area contributed by atoms with Crippen LogP contribution in [-0.4, -0.2) is 51.2 Å². The van der Waals surface area contributed by atoms with Gasteiger partial charge in [0, 0.05) is 37.4 Å². The summed E-state index contributed by atoms with van der Waals surface area (Å²) >= 11 is 0. The van der Waals surface area contributed by atoms with E-state index in [-0.39, 0.29) is 5.91 Å². The van der Waals surface area contributed by atoms with Crippen molar-refractivity contribution in [2.24, 2.45) is 0 Å². The van der Waals surface area contributed by atoms with Crippen LogP contribution >= 0.6 is 0 Å². The lowest BCUT2D eigenvalue weighted by atomic mass is 10.1. The molecule has 0 aromatic heterocycles. The van der Waals surface area contributed by atoms with Gasteiger partial charge in [-0.05, 0) is 48.5 Å². The maximum absolute atomic E-state index is 12.6. The molecule has 0 atom stereocenters. The van der Waals surface area contributed by atoms with Crippen molar-refractivity contribution in [1.82, 2.24) is 4.90 Å². The minimum Gasteiger partial charge on any atom is -0.497 e. The molecule has 1 amide bonds. The molecule has 0 unspecified atom stereocenters. The van der Waals surface area contributed by atoms with Gasteiger partial charge in [0.1, 0.15) is 11.5 Å². The quantitative estimate of drug-likeness (QED) is 0.866. The first-order valence-corrected chi connectivity index (χ1v) is 8.03. The molecule has 2 aromatic rings. The van der Waals surface area contributed by atoms with Crippen LogP contribution < -0.4 is 14.4 Å². The standard InChI is InChI=1S/C19H22N2O3/c1-23-17-7-3-15(4-8-17)19(22)21-13-11-20(12-14-21)16-5-9-18(24-2)10-6-16/h3-10H,11-14H2,1-2H3. The number of anilines is 1. The molecule has 5 heteroatoms. The third-order valence-electron chi connectivity index (χ3n) is 4.34. The molecular weight excluding hydrogens is 304 g/mol. The SMILES string of the molecule is COc1ccc(C(=O)N2CCN(c3ccc(OC)cc3)CC2)cc1. The fourth-order valence-corrected chi connectivity index (χ4v) is 2.88. The second kappa shape index (κ2) is 7.25. The van der Waals surface area contributed by atoms with Crippen molar-refractivity contribution in [3.05, 3.63) is 54.1 Å². The number of amides is 1. The number of carbonyl (C=O) groups excluding carboxylic acids is 1. The highest BCUT2D eigenvalue weighted by atomic mass is 16.5. The summed E-state index contributed by atoms with van der Waals surface area (Å²) in [5.41, 5.74) is 1.86. The van der Waals surface area contributed by atoms with Gasteiger partial charge in [-0.1, -0.05) is 0 Å². The monoisotopic (exact) mass is 326 g/mol. The normalized spacial score (nSPS) is 14.4. The maximum atomic E-state index is 12.6. The predicted octanol–water partition coefficient (Wildman–Crippen LogP) is 2.67. The Bertz CT molecular complexity index is 675. The van der Waals surface area contributed by atoms with Crippen LogP contribution in [0.2, 0.25) is 0 Å². The van der Waals surface area contributed by atoms with Crippen molar-refractivity contribution in [2.45, 2.75) is 0 Å². The van der Waals surface area contributed by atoms with E-state index < -0.39 is 0 Å². The first kappa shape index (κ1) is 16.2. The van der Waals surface area contributed by atoms with E-state index in [9.17, 15) is 4.79 Å². The van der Waals surface area contributed by atoms with Gasteiger partial charge in [0.2, 0.25) is 0 Å². The number of benzene rings is 2. The first-order chi connectivity index (χ1) is 11.7. The first-order valence-electron chi connectivity index (χ1n) is 8.03. The summed E-state index contributed by atoms with van der Waals surface area (Å²) in [7, 11) is 3.29. The molecule has 1 aliphatic heterocycles. The highest BCUT2D eigenvalue weighted by Gasteiger charge is 2.22. The maximum Gasteiger partial charge on any atom is 0.253 e. The fourth-order valence-electron chi connectivity index (χ4n) is 2.88. The molecule has 0 saturated carbocycles. The van der Waals surface area contributed by atoms with Crippen LogP contribution in [0, 0.1) is 0 Å². The smallest absolute Gasteiger partial charge is 0.253 e. The predicted molar refractivity (Wildman–Crippen MR) is 94.1 cm³/mol. The van der Waals surface area contributed by atoms with Gasteiger partial charge in [0.25, 0.3) is 5.91 Å². The molecule has 0 radical (unpaired) electrons. The number of piperazine rings is 1. The summed E-state index contributed by atoms with van der Waals surface area (Å²) in [4.78, 5) is 16.8. The Labute approximate surface area is 142 Å². The molecule has 5 nitrogen and oxygen atoms in total. The Morgan fingerprint density at radius 1 is 0.792 bits per heavy atom. The van der Waals surface area contributed by atoms with Crippen LogP contribution in [0.15, 0.2) is 48.5 Å². The molecule has 1 aliphatic rings. The number of carbonyl (C=O) groups is 1. The number of hydrogen-bond donors (Lipinski definition) is 0. The van der Waals surface area contributed by atoms with Crippen LogP contribution in [0.25, 0.3) is 0 Å². The molecule has 0 aliphatic carbocycles. The second-order valence-electron chi connectivity index (χ2n) is 5.71. The zero-order valence-corrected chi connectivity index (χ0v) is 14.1. The fraction of sp³-hybridized carbons (Fsp3) is 0.316. The molecular formula is C19H22N2O3. The van der Waals surface area contributed by atoms with Gasteiger partial charge in [-0.25, -0.2) is 0 Å². The largest absolute Gasteiger partial charge is 0.497 e. The van der Waals surface area contributed by atoms with E-state index in [4.69, 9.17) is 9.47 Å². The molecule has 126 valence electrons. The second-order valence-corrected chi connectivity index (χ2v) is 5.71. The molecule has 24 heavy (non-hydrogen) atoms. The van der Waals surface area contributed by atoms with E-state index in [1.807, 2.05) is 41.3 Å². The van der Waals surface area contributed by atoms with Crippen molar-refractivity contribution >= 4 is 11.6 Å². The summed E-state index contributed by atoms with van der Waals surface area (Å²) < 4.78 is 10.3. The third-order valence-corrected chi connectivity index (χ3v) is 4.34. The van der Waals surface area contributed by atoms with Crippen LogP contribution in [0.5, 0.6) is 11.5 Å². The van der Waals surface area contributed by atoms with Gasteiger partial charge in [-0.3, -0.25) is 4.79 Å². The van der Waals surface area contributed by atoms with Gasteiger partial charge in [0.15, 0.2) is 0 Å². The van der Waals surface area contributed by atoms with Gasteiger partial charge >= 0.3 is 0 Å². The molecule has 0 N–H and O–H groups in total. The van der Waals surface area contributed by atoms with E-state index in [2.05, 4.69) is 17.0 Å². The Hall–Kier alpha value is -2.69. The molecule has 3 rings (SSSR count). The molecule has 1 heterocycles. The number of ether oxygens (including phenoxy) is 2. The average Bonchev–Trinajstić information content (AvgIpc) is 2.68. The Morgan fingerprint density at radius 3 is 1.79 bits per heavy atom. The van der Waals surface area contributed by atoms with E-state index in [1.165, 1.54) is 0 Å². The van der Waals surface area contributed by atoms with Crippen molar-refractivity contribution in [3.8, 4) is 11.5 Å². The highest BCUT2D eigenvalue weighted by Crippen LogP contribution is 2.21. The zero-order valence-electron chi connectivity index (χ0n) is 14.1. The van der Waals surface area contributed by atoms with Gasteiger partial charge in [-0.2, -0.15) is 0 Å². The minimum absolute atomic E-state index is 0.0760. The van der Waals surface area contributed by atoms with Crippen molar-refractivity contribution in [1.29, 1.82) is 0 Å². The van der Waals surface area contributed by atoms with E-state index in [0.29, 0.717) is 5.56 Å². The minimum atomic E-state index is 0.0760. The van der Waals surface area contributed by atoms with E-state index in [0.717, 1.165) is 43.4 Å². The van der Waals surface area contributed by atoms with Gasteiger partial charge < -0.3 is 19.3 Å². The van der Waals surface area contributed by atoms with Crippen LogP contribution in [-0.2, 0) is 0 Å². The average molecular weight is 326 g/mol. The Kier molecular flexibility index (Phi) is 4.89. The summed E-state index contributed by atoms with van der Waals surface area (Å²) in [6, 6.07) is 15.3. The third kappa shape index (κ3) is 3.45. The highest BCUT2D eigenvalue weighted by molar-refractivity contribution is 5.94. The number of rotatable bonds is 4. The summed E-state index contributed by atoms with van der Waals surface area (Å²) in [5.74, 6) is 1.69. The summed E-state index contributed by atoms with van der Waals surface area (Å²) in [6.45, 7) is 3.09. The van der Waals surface area contributed by atoms with Crippen molar-refractivity contribution in [2.75, 3.05) is 45.3 Å². The molecule has 1 fully saturated rings. The van der Waals surface area contributed by atoms with Gasteiger partial charge in [0.05, 0.1) is 14.2 Å². The summed E-state index contributed by atoms with van der Waals surface area (Å²) in [5, 5.41) is 0. The van der Waals surface area contributed by atoms with Crippen LogP contribution in [0.4, 0.5) is 5.69 Å². The lowest BCUT2D eigenvalue weighted by Gasteiger charge is -2.36. The molecule has 2 aromatic carbocycles. The number of hydrogen-bond acceptors (Lipinski definition) is 4. The number of methoxy groups -OCH3 is 2. The Morgan fingerprint density at radius 2 is 1.29 bits per heavy atom. The zero-order chi connectivity index (χ0) is 16.9. The number of nitrogens with zero attached hydrogens (tertiary/aromatic N) is 2. The molecule has 1 saturated heterocycles. The lowest BCUT2D eigenvalue weighted by molar-refractivity contribution is 0.0747. The van der Waals surface area contributed by atoms with Crippen LogP contribution in [0.1, 0.15) is 10.4 Å². The molecule has 0 bridgehead atoms.